The molecule has 1 atom stereocenters. The van der Waals surface area contributed by atoms with Gasteiger partial charge in [-0.1, -0.05) is 12.1 Å². The van der Waals surface area contributed by atoms with Gasteiger partial charge in [0.1, 0.15) is 0 Å². The Balaban J connectivity index is 1.28. The first-order chi connectivity index (χ1) is 14.7. The number of hydrogen-bond donors (Lipinski definition) is 1. The number of amides is 2. The maximum absolute atomic E-state index is 12.7. The van der Waals surface area contributed by atoms with Crippen molar-refractivity contribution in [2.45, 2.75) is 25.7 Å². The summed E-state index contributed by atoms with van der Waals surface area (Å²) in [6.07, 6.45) is 1.78. The normalized spacial score (nSPS) is 17.8. The van der Waals surface area contributed by atoms with Gasteiger partial charge >= 0.3 is 6.03 Å². The molecule has 5 rings (SSSR count). The third-order valence-corrected chi connectivity index (χ3v) is 5.39. The highest BCUT2D eigenvalue weighted by Gasteiger charge is 2.29. The van der Waals surface area contributed by atoms with E-state index in [0.29, 0.717) is 36.4 Å². The number of fused-ring (bicyclic) bond motifs is 1. The molecule has 0 radical (unpaired) electrons. The van der Waals surface area contributed by atoms with Crippen molar-refractivity contribution in [2.75, 3.05) is 25.2 Å². The largest absolute Gasteiger partial charge is 0.454 e. The lowest BCUT2D eigenvalue weighted by Gasteiger charge is -2.31. The minimum atomic E-state index is -0.110. The molecule has 2 aliphatic heterocycles. The highest BCUT2D eigenvalue weighted by molar-refractivity contribution is 5.89. The van der Waals surface area contributed by atoms with Gasteiger partial charge < -0.3 is 24.1 Å². The smallest absolute Gasteiger partial charge is 0.321 e. The Morgan fingerprint density at radius 1 is 1.13 bits per heavy atom. The highest BCUT2D eigenvalue weighted by atomic mass is 16.7. The van der Waals surface area contributed by atoms with Crippen LogP contribution in [0.5, 0.6) is 11.5 Å². The van der Waals surface area contributed by atoms with Gasteiger partial charge in [-0.15, -0.1) is 10.2 Å². The van der Waals surface area contributed by atoms with Gasteiger partial charge in [-0.2, -0.15) is 0 Å². The number of nitrogens with zero attached hydrogens (tertiary/aromatic N) is 3. The van der Waals surface area contributed by atoms with Gasteiger partial charge in [0.05, 0.1) is 5.92 Å². The number of rotatable bonds is 3. The van der Waals surface area contributed by atoms with Gasteiger partial charge in [-0.25, -0.2) is 4.79 Å². The maximum atomic E-state index is 12.7. The summed E-state index contributed by atoms with van der Waals surface area (Å²) in [5, 5.41) is 11.4. The predicted octanol–water partition coefficient (Wildman–Crippen LogP) is 4.19. The SMILES string of the molecule is Cc1cccc(NC(=O)N2CCCC(c3nnc(-c4ccc5c(c4)OCO5)o3)C2)c1. The molecule has 0 saturated carbocycles. The summed E-state index contributed by atoms with van der Waals surface area (Å²) in [4.78, 5) is 14.5. The van der Waals surface area contributed by atoms with Crippen LogP contribution >= 0.6 is 0 Å². The van der Waals surface area contributed by atoms with Crippen molar-refractivity contribution >= 4 is 11.7 Å². The summed E-state index contributed by atoms with van der Waals surface area (Å²) < 4.78 is 16.7. The lowest BCUT2D eigenvalue weighted by Crippen LogP contribution is -2.41. The second kappa shape index (κ2) is 7.70. The third kappa shape index (κ3) is 3.68. The van der Waals surface area contributed by atoms with Gasteiger partial charge in [0.25, 0.3) is 0 Å². The summed E-state index contributed by atoms with van der Waals surface area (Å²) in [6.45, 7) is 3.47. The number of hydrogen-bond acceptors (Lipinski definition) is 6. The molecule has 3 heterocycles. The molecule has 2 amide bonds. The average molecular weight is 406 g/mol. The Bertz CT molecular complexity index is 1080. The van der Waals surface area contributed by atoms with E-state index in [0.717, 1.165) is 29.7 Å². The lowest BCUT2D eigenvalue weighted by atomic mass is 9.98. The summed E-state index contributed by atoms with van der Waals surface area (Å²) in [7, 11) is 0. The first kappa shape index (κ1) is 18.5. The van der Waals surface area contributed by atoms with Crippen molar-refractivity contribution in [2.24, 2.45) is 0 Å². The molecule has 1 fully saturated rings. The van der Waals surface area contributed by atoms with Crippen LogP contribution in [-0.2, 0) is 0 Å². The molecule has 1 saturated heterocycles. The zero-order valence-corrected chi connectivity index (χ0v) is 16.6. The molecular formula is C22H22N4O4. The molecule has 2 aromatic carbocycles. The number of aromatic nitrogens is 2. The molecule has 8 heteroatoms. The molecule has 154 valence electrons. The first-order valence-electron chi connectivity index (χ1n) is 10.0. The fourth-order valence-corrected chi connectivity index (χ4v) is 3.83. The van der Waals surface area contributed by atoms with Crippen LogP contribution in [0.15, 0.2) is 46.9 Å². The van der Waals surface area contributed by atoms with E-state index < -0.39 is 0 Å². The van der Waals surface area contributed by atoms with Crippen molar-refractivity contribution in [3.05, 3.63) is 53.9 Å². The quantitative estimate of drug-likeness (QED) is 0.702. The molecule has 0 aliphatic carbocycles. The van der Waals surface area contributed by atoms with Crippen LogP contribution in [-0.4, -0.2) is 41.0 Å². The molecule has 0 bridgehead atoms. The zero-order chi connectivity index (χ0) is 20.5. The lowest BCUT2D eigenvalue weighted by molar-refractivity contribution is 0.174. The van der Waals surface area contributed by atoms with Crippen LogP contribution in [0.1, 0.15) is 30.2 Å². The van der Waals surface area contributed by atoms with Crippen LogP contribution in [0.4, 0.5) is 10.5 Å². The Labute approximate surface area is 173 Å². The van der Waals surface area contributed by atoms with Gasteiger partial charge in [-0.05, 0) is 55.7 Å². The monoisotopic (exact) mass is 406 g/mol. The van der Waals surface area contributed by atoms with Gasteiger partial charge in [0.15, 0.2) is 11.5 Å². The fourth-order valence-electron chi connectivity index (χ4n) is 3.83. The number of anilines is 1. The van der Waals surface area contributed by atoms with E-state index in [-0.39, 0.29) is 18.7 Å². The van der Waals surface area contributed by atoms with Crippen LogP contribution in [0.2, 0.25) is 0 Å². The first-order valence-corrected chi connectivity index (χ1v) is 10.0. The minimum absolute atomic E-state index is 0.0114. The molecule has 1 aromatic heterocycles. The standard InChI is InChI=1S/C22H22N4O4/c1-14-4-2-6-17(10-14)23-22(27)26-9-3-5-16(12-26)21-25-24-20(30-21)15-7-8-18-19(11-15)29-13-28-18/h2,4,6-8,10-11,16H,3,5,9,12-13H2,1H3,(H,23,27). The summed E-state index contributed by atoms with van der Waals surface area (Å²) >= 11 is 0. The van der Waals surface area contributed by atoms with Crippen molar-refractivity contribution in [1.29, 1.82) is 0 Å². The number of aryl methyl sites for hydroxylation is 1. The molecule has 1 N–H and O–H groups in total. The Morgan fingerprint density at radius 3 is 2.93 bits per heavy atom. The summed E-state index contributed by atoms with van der Waals surface area (Å²) in [6, 6.07) is 13.2. The van der Waals surface area contributed by atoms with E-state index in [4.69, 9.17) is 13.9 Å². The number of nitrogens with one attached hydrogen (secondary N) is 1. The van der Waals surface area contributed by atoms with Gasteiger partial charge in [-0.3, -0.25) is 0 Å². The van der Waals surface area contributed by atoms with E-state index in [9.17, 15) is 4.79 Å². The van der Waals surface area contributed by atoms with E-state index >= 15 is 0 Å². The number of ether oxygens (including phenoxy) is 2. The molecule has 2 aliphatic rings. The van der Waals surface area contributed by atoms with E-state index in [2.05, 4.69) is 15.5 Å². The van der Waals surface area contributed by atoms with E-state index in [1.54, 1.807) is 4.90 Å². The predicted molar refractivity (Wildman–Crippen MR) is 110 cm³/mol. The van der Waals surface area contributed by atoms with Crippen molar-refractivity contribution in [1.82, 2.24) is 15.1 Å². The van der Waals surface area contributed by atoms with E-state index in [1.165, 1.54) is 0 Å². The fraction of sp³-hybridized carbons (Fsp3) is 0.318. The molecular weight excluding hydrogens is 384 g/mol. The molecule has 8 nitrogen and oxygen atoms in total. The van der Waals surface area contributed by atoms with Crippen LogP contribution in [0, 0.1) is 6.92 Å². The molecule has 30 heavy (non-hydrogen) atoms. The number of benzene rings is 2. The molecule has 3 aromatic rings. The number of likely N-dealkylation sites (tertiary alicyclic amines) is 1. The number of carbonyl (C=O) groups is 1. The molecule has 1 unspecified atom stereocenters. The van der Waals surface area contributed by atoms with Gasteiger partial charge in [0, 0.05) is 24.3 Å². The van der Waals surface area contributed by atoms with Crippen LogP contribution in [0.25, 0.3) is 11.5 Å². The molecule has 0 spiro atoms. The third-order valence-electron chi connectivity index (χ3n) is 5.39. The Kier molecular flexibility index (Phi) is 4.74. The van der Waals surface area contributed by atoms with Crippen molar-refractivity contribution in [3.63, 3.8) is 0 Å². The van der Waals surface area contributed by atoms with Crippen LogP contribution in [0.3, 0.4) is 0 Å². The minimum Gasteiger partial charge on any atom is -0.454 e. The highest BCUT2D eigenvalue weighted by Crippen LogP contribution is 2.36. The topological polar surface area (TPSA) is 89.7 Å². The number of piperidine rings is 1. The van der Waals surface area contributed by atoms with Crippen molar-refractivity contribution < 1.29 is 18.7 Å². The zero-order valence-electron chi connectivity index (χ0n) is 16.6. The van der Waals surface area contributed by atoms with Crippen molar-refractivity contribution in [3.8, 4) is 23.0 Å². The summed E-state index contributed by atoms with van der Waals surface area (Å²) in [5.41, 5.74) is 2.68. The second-order valence-electron chi connectivity index (χ2n) is 7.60. The number of urea groups is 1. The number of carbonyl (C=O) groups excluding carboxylic acids is 1. The van der Waals surface area contributed by atoms with Crippen LogP contribution < -0.4 is 14.8 Å². The van der Waals surface area contributed by atoms with E-state index in [1.807, 2.05) is 49.4 Å². The summed E-state index contributed by atoms with van der Waals surface area (Å²) in [5.74, 6) is 2.38. The Morgan fingerprint density at radius 2 is 2.03 bits per heavy atom. The average Bonchev–Trinajstić information content (AvgIpc) is 3.43. The Hall–Kier alpha value is -3.55. The maximum Gasteiger partial charge on any atom is 0.321 e. The second-order valence-corrected chi connectivity index (χ2v) is 7.60. The van der Waals surface area contributed by atoms with Gasteiger partial charge in [0.2, 0.25) is 18.6 Å².